The van der Waals surface area contributed by atoms with Crippen molar-refractivity contribution >= 4 is 15.9 Å². The number of fused-ring (bicyclic) bond motifs is 1. The molecule has 3 aliphatic rings. The molecule has 0 aromatic heterocycles. The topological polar surface area (TPSA) is 23.5 Å². The lowest BCUT2D eigenvalue weighted by Gasteiger charge is -2.58. The Bertz CT molecular complexity index is 573. The largest absolute Gasteiger partial charge is 0.508 e. The standard InChI is InChI=1S/C17H23NO.C3H5Br/c1-18-9-8-17-7-3-2-4-14(17)16(18)10-12-5-6-13(19)11-15(12)17;1-2-3-4/h5-6,11,14,16,19H,2-4,7-10H2,1H3;2H,1,3H2/t14-,16+,17+;/m0./s1. The molecule has 2 fully saturated rings. The number of allylic oxidation sites excluding steroid dienone is 1. The van der Waals surface area contributed by atoms with Crippen LogP contribution in [0, 0.1) is 5.92 Å². The van der Waals surface area contributed by atoms with Crippen LogP contribution in [-0.4, -0.2) is 35.0 Å². The third-order valence-corrected chi connectivity index (χ3v) is 6.66. The Morgan fingerprint density at radius 1 is 1.39 bits per heavy atom. The maximum atomic E-state index is 9.91. The summed E-state index contributed by atoms with van der Waals surface area (Å²) in [5, 5.41) is 10.8. The summed E-state index contributed by atoms with van der Waals surface area (Å²) >= 11 is 3.13. The van der Waals surface area contributed by atoms with E-state index in [1.54, 1.807) is 6.08 Å². The summed E-state index contributed by atoms with van der Waals surface area (Å²) in [6.07, 6.45) is 9.72. The van der Waals surface area contributed by atoms with Crippen LogP contribution in [0.15, 0.2) is 30.9 Å². The van der Waals surface area contributed by atoms with Crippen LogP contribution >= 0.6 is 15.9 Å². The second-order valence-electron chi connectivity index (χ2n) is 7.29. The van der Waals surface area contributed by atoms with Crippen molar-refractivity contribution in [3.05, 3.63) is 42.0 Å². The first-order valence-electron chi connectivity index (χ1n) is 8.82. The molecule has 3 heteroatoms. The molecule has 1 aromatic rings. The highest BCUT2D eigenvalue weighted by molar-refractivity contribution is 9.09. The molecule has 1 saturated heterocycles. The van der Waals surface area contributed by atoms with Gasteiger partial charge in [0.2, 0.25) is 0 Å². The minimum absolute atomic E-state index is 0.377. The monoisotopic (exact) mass is 377 g/mol. The molecule has 3 atom stereocenters. The molecule has 0 radical (unpaired) electrons. The zero-order valence-electron chi connectivity index (χ0n) is 14.1. The lowest BCUT2D eigenvalue weighted by atomic mass is 9.52. The first-order valence-corrected chi connectivity index (χ1v) is 9.94. The first-order chi connectivity index (χ1) is 11.1. The molecule has 1 N–H and O–H groups in total. The number of piperidine rings is 1. The molecule has 0 unspecified atom stereocenters. The lowest BCUT2D eigenvalue weighted by Crippen LogP contribution is -2.59. The number of phenolic OH excluding ortho intramolecular Hbond substituents is 1. The highest BCUT2D eigenvalue weighted by Crippen LogP contribution is 2.55. The molecule has 23 heavy (non-hydrogen) atoms. The number of rotatable bonds is 1. The van der Waals surface area contributed by atoms with Crippen LogP contribution in [0.25, 0.3) is 0 Å². The van der Waals surface area contributed by atoms with Gasteiger partial charge in [0.25, 0.3) is 0 Å². The molecule has 2 nitrogen and oxygen atoms in total. The van der Waals surface area contributed by atoms with Gasteiger partial charge < -0.3 is 10.0 Å². The molecule has 0 amide bonds. The highest BCUT2D eigenvalue weighted by atomic mass is 79.9. The SMILES string of the molecule is C=CCBr.CN1CC[C@]23CCCC[C@H]2[C@H]1Cc1ccc(O)cc13. The molecule has 4 rings (SSSR count). The Morgan fingerprint density at radius 3 is 2.91 bits per heavy atom. The van der Waals surface area contributed by atoms with E-state index in [2.05, 4.69) is 46.6 Å². The number of nitrogens with zero attached hydrogens (tertiary/aromatic N) is 1. The molecule has 1 aliphatic heterocycles. The van der Waals surface area contributed by atoms with Crippen LogP contribution in [0.5, 0.6) is 5.75 Å². The Hall–Kier alpha value is -0.800. The number of alkyl halides is 1. The van der Waals surface area contributed by atoms with Crippen molar-refractivity contribution in [3.8, 4) is 5.75 Å². The molecule has 2 bridgehead atoms. The summed E-state index contributed by atoms with van der Waals surface area (Å²) < 4.78 is 0. The van der Waals surface area contributed by atoms with Gasteiger partial charge in [-0.2, -0.15) is 0 Å². The second kappa shape index (κ2) is 6.98. The Labute approximate surface area is 148 Å². The van der Waals surface area contributed by atoms with E-state index in [4.69, 9.17) is 0 Å². The van der Waals surface area contributed by atoms with Crippen molar-refractivity contribution in [1.29, 1.82) is 0 Å². The quantitative estimate of drug-likeness (QED) is 0.568. The second-order valence-corrected chi connectivity index (χ2v) is 7.94. The minimum atomic E-state index is 0.377. The number of likely N-dealkylation sites (tertiary alicyclic amines) is 1. The predicted octanol–water partition coefficient (Wildman–Crippen LogP) is 4.65. The smallest absolute Gasteiger partial charge is 0.115 e. The van der Waals surface area contributed by atoms with Crippen LogP contribution < -0.4 is 0 Å². The summed E-state index contributed by atoms with van der Waals surface area (Å²) in [5.41, 5.74) is 3.36. The van der Waals surface area contributed by atoms with Crippen LogP contribution in [0.3, 0.4) is 0 Å². The van der Waals surface area contributed by atoms with Gasteiger partial charge in [-0.25, -0.2) is 0 Å². The molecule has 1 aromatic carbocycles. The number of likely N-dealkylation sites (N-methyl/N-ethyl adjacent to an activating group) is 1. The molecule has 0 spiro atoms. The summed E-state index contributed by atoms with van der Waals surface area (Å²) in [5.74, 6) is 1.27. The molecule has 1 saturated carbocycles. The van der Waals surface area contributed by atoms with Crippen LogP contribution in [-0.2, 0) is 11.8 Å². The molecular formula is C20H28BrNO. The zero-order chi connectivity index (χ0) is 16.4. The molecule has 126 valence electrons. The molecular weight excluding hydrogens is 350 g/mol. The van der Waals surface area contributed by atoms with Gasteiger partial charge in [0, 0.05) is 16.8 Å². The lowest BCUT2D eigenvalue weighted by molar-refractivity contribution is 0.00274. The van der Waals surface area contributed by atoms with Crippen molar-refractivity contribution in [3.63, 3.8) is 0 Å². The Kier molecular flexibility index (Phi) is 5.17. The number of halogens is 1. The summed E-state index contributed by atoms with van der Waals surface area (Å²) in [7, 11) is 2.30. The van der Waals surface area contributed by atoms with Crippen molar-refractivity contribution in [1.82, 2.24) is 4.90 Å². The summed E-state index contributed by atoms with van der Waals surface area (Å²) in [4.78, 5) is 2.59. The average molecular weight is 378 g/mol. The van der Waals surface area contributed by atoms with E-state index in [-0.39, 0.29) is 0 Å². The van der Waals surface area contributed by atoms with E-state index in [0.717, 1.165) is 17.3 Å². The maximum Gasteiger partial charge on any atom is 0.115 e. The van der Waals surface area contributed by atoms with Gasteiger partial charge in [-0.3, -0.25) is 0 Å². The zero-order valence-corrected chi connectivity index (χ0v) is 15.7. The van der Waals surface area contributed by atoms with Crippen molar-refractivity contribution < 1.29 is 5.11 Å². The van der Waals surface area contributed by atoms with E-state index < -0.39 is 0 Å². The normalized spacial score (nSPS) is 32.1. The maximum absolute atomic E-state index is 9.91. The van der Waals surface area contributed by atoms with Crippen LogP contribution in [0.4, 0.5) is 0 Å². The number of hydrogen-bond acceptors (Lipinski definition) is 2. The van der Waals surface area contributed by atoms with Gasteiger partial charge in [-0.1, -0.05) is 40.9 Å². The van der Waals surface area contributed by atoms with E-state index in [1.165, 1.54) is 56.2 Å². The van der Waals surface area contributed by atoms with Crippen molar-refractivity contribution in [2.45, 2.75) is 50.0 Å². The average Bonchev–Trinajstić information content (AvgIpc) is 2.59. The van der Waals surface area contributed by atoms with Crippen molar-refractivity contribution in [2.75, 3.05) is 18.9 Å². The Morgan fingerprint density at radius 2 is 2.17 bits per heavy atom. The minimum Gasteiger partial charge on any atom is -0.508 e. The fourth-order valence-corrected chi connectivity index (χ4v) is 5.18. The molecule has 1 heterocycles. The van der Waals surface area contributed by atoms with Gasteiger partial charge in [-0.15, -0.1) is 6.58 Å². The number of benzene rings is 1. The van der Waals surface area contributed by atoms with Gasteiger partial charge >= 0.3 is 0 Å². The number of hydrogen-bond donors (Lipinski definition) is 1. The summed E-state index contributed by atoms with van der Waals surface area (Å²) in [6, 6.07) is 6.85. The van der Waals surface area contributed by atoms with E-state index >= 15 is 0 Å². The number of phenols is 1. The predicted molar refractivity (Wildman–Crippen MR) is 100 cm³/mol. The van der Waals surface area contributed by atoms with E-state index in [9.17, 15) is 5.11 Å². The molecule has 2 aliphatic carbocycles. The summed E-state index contributed by atoms with van der Waals surface area (Å²) in [6.45, 7) is 4.65. The number of aromatic hydroxyl groups is 1. The van der Waals surface area contributed by atoms with Crippen LogP contribution in [0.2, 0.25) is 0 Å². The van der Waals surface area contributed by atoms with Gasteiger partial charge in [0.15, 0.2) is 0 Å². The van der Waals surface area contributed by atoms with E-state index in [1.807, 2.05) is 6.07 Å². The van der Waals surface area contributed by atoms with Crippen molar-refractivity contribution in [2.24, 2.45) is 5.92 Å². The Balaban J connectivity index is 0.000000354. The van der Waals surface area contributed by atoms with Crippen LogP contribution in [0.1, 0.15) is 43.2 Å². The highest BCUT2D eigenvalue weighted by Gasteiger charge is 2.52. The van der Waals surface area contributed by atoms with Gasteiger partial charge in [-0.05, 0) is 68.5 Å². The fraction of sp³-hybridized carbons (Fsp3) is 0.600. The van der Waals surface area contributed by atoms with E-state index in [0.29, 0.717) is 11.2 Å². The van der Waals surface area contributed by atoms with Gasteiger partial charge in [0.1, 0.15) is 5.75 Å². The fourth-order valence-electron chi connectivity index (χ4n) is 5.18. The third-order valence-electron chi connectivity index (χ3n) is 6.21. The first kappa shape index (κ1) is 17.0. The third kappa shape index (κ3) is 2.98. The van der Waals surface area contributed by atoms with Gasteiger partial charge in [0.05, 0.1) is 0 Å².